The van der Waals surface area contributed by atoms with E-state index in [1.165, 1.54) is 0 Å². The fraction of sp³-hybridized carbons (Fsp3) is 0.714. The van der Waals surface area contributed by atoms with Crippen LogP contribution in [0.4, 0.5) is 0 Å². The van der Waals surface area contributed by atoms with Gasteiger partial charge < -0.3 is 16.2 Å². The summed E-state index contributed by atoms with van der Waals surface area (Å²) in [4.78, 5) is 21.3. The summed E-state index contributed by atoms with van der Waals surface area (Å²) in [6, 6.07) is -0.788. The van der Waals surface area contributed by atoms with Gasteiger partial charge in [0.05, 0.1) is 0 Å². The van der Waals surface area contributed by atoms with E-state index in [0.29, 0.717) is 6.42 Å². The van der Waals surface area contributed by atoms with Crippen LogP contribution >= 0.6 is 0 Å². The Morgan fingerprint density at radius 1 is 1.58 bits per heavy atom. The van der Waals surface area contributed by atoms with Crippen molar-refractivity contribution in [3.05, 3.63) is 0 Å². The lowest BCUT2D eigenvalue weighted by Crippen LogP contribution is -2.40. The molecule has 70 valence electrons. The number of aliphatic carboxylic acids is 1. The number of carboxylic acid groups (broad SMARTS) is 1. The molecule has 1 amide bonds. The van der Waals surface area contributed by atoms with Gasteiger partial charge >= 0.3 is 5.97 Å². The Kier molecular flexibility index (Phi) is 5.03. The van der Waals surface area contributed by atoms with Gasteiger partial charge in [0.2, 0.25) is 5.91 Å². The van der Waals surface area contributed by atoms with E-state index >= 15 is 0 Å². The van der Waals surface area contributed by atoms with Gasteiger partial charge in [-0.25, -0.2) is 4.79 Å². The number of hydrogen-bond acceptors (Lipinski definition) is 3. The largest absolute Gasteiger partial charge is 0.480 e. The molecular formula is C7H14N2O3. The van der Waals surface area contributed by atoms with Gasteiger partial charge in [-0.15, -0.1) is 0 Å². The SMILES string of the molecule is CC[C@H](NC(=O)CCN)C(=O)O. The third kappa shape index (κ3) is 3.92. The van der Waals surface area contributed by atoms with Crippen LogP contribution in [0.5, 0.6) is 0 Å². The van der Waals surface area contributed by atoms with Crippen LogP contribution in [-0.2, 0) is 9.59 Å². The van der Waals surface area contributed by atoms with Gasteiger partial charge in [-0.3, -0.25) is 4.79 Å². The second kappa shape index (κ2) is 5.54. The highest BCUT2D eigenvalue weighted by Gasteiger charge is 2.16. The number of rotatable bonds is 5. The van der Waals surface area contributed by atoms with Crippen LogP contribution in [0.2, 0.25) is 0 Å². The van der Waals surface area contributed by atoms with E-state index in [2.05, 4.69) is 5.32 Å². The topological polar surface area (TPSA) is 92.4 Å². The highest BCUT2D eigenvalue weighted by atomic mass is 16.4. The second-order valence-corrected chi connectivity index (χ2v) is 2.41. The van der Waals surface area contributed by atoms with Crippen LogP contribution in [-0.4, -0.2) is 29.6 Å². The molecule has 0 aromatic heterocycles. The van der Waals surface area contributed by atoms with E-state index in [4.69, 9.17) is 10.8 Å². The molecule has 0 saturated heterocycles. The molecule has 0 aliphatic carbocycles. The molecule has 0 aromatic rings. The Hall–Kier alpha value is -1.10. The highest BCUT2D eigenvalue weighted by molar-refractivity contribution is 5.83. The van der Waals surface area contributed by atoms with Crippen molar-refractivity contribution in [3.63, 3.8) is 0 Å². The molecule has 0 aliphatic heterocycles. The van der Waals surface area contributed by atoms with E-state index < -0.39 is 12.0 Å². The highest BCUT2D eigenvalue weighted by Crippen LogP contribution is 1.91. The van der Waals surface area contributed by atoms with Crippen molar-refractivity contribution in [1.82, 2.24) is 5.32 Å². The minimum atomic E-state index is -1.01. The Balaban J connectivity index is 3.85. The normalized spacial score (nSPS) is 12.2. The lowest BCUT2D eigenvalue weighted by atomic mass is 10.2. The number of amides is 1. The third-order valence-corrected chi connectivity index (χ3v) is 1.41. The van der Waals surface area contributed by atoms with Crippen LogP contribution in [0.25, 0.3) is 0 Å². The Labute approximate surface area is 70.9 Å². The van der Waals surface area contributed by atoms with Crippen LogP contribution in [0, 0.1) is 0 Å². The van der Waals surface area contributed by atoms with Crippen LogP contribution in [0.3, 0.4) is 0 Å². The Morgan fingerprint density at radius 3 is 2.50 bits per heavy atom. The van der Waals surface area contributed by atoms with E-state index in [9.17, 15) is 9.59 Å². The molecule has 0 unspecified atom stereocenters. The van der Waals surface area contributed by atoms with Crippen LogP contribution in [0.15, 0.2) is 0 Å². The maximum Gasteiger partial charge on any atom is 0.326 e. The lowest BCUT2D eigenvalue weighted by molar-refractivity contribution is -0.141. The lowest BCUT2D eigenvalue weighted by Gasteiger charge is -2.11. The Morgan fingerprint density at radius 2 is 2.17 bits per heavy atom. The minimum absolute atomic E-state index is 0.170. The van der Waals surface area contributed by atoms with E-state index in [-0.39, 0.29) is 18.9 Å². The zero-order chi connectivity index (χ0) is 9.56. The molecule has 0 radical (unpaired) electrons. The smallest absolute Gasteiger partial charge is 0.326 e. The molecule has 0 fully saturated rings. The van der Waals surface area contributed by atoms with Gasteiger partial charge in [-0.05, 0) is 6.42 Å². The number of carboxylic acids is 1. The van der Waals surface area contributed by atoms with Gasteiger partial charge in [-0.1, -0.05) is 6.92 Å². The van der Waals surface area contributed by atoms with E-state index in [1.807, 2.05) is 0 Å². The summed E-state index contributed by atoms with van der Waals surface area (Å²) >= 11 is 0. The van der Waals surface area contributed by atoms with Gasteiger partial charge in [0.25, 0.3) is 0 Å². The van der Waals surface area contributed by atoms with Crippen molar-refractivity contribution < 1.29 is 14.7 Å². The number of nitrogens with one attached hydrogen (secondary N) is 1. The molecule has 5 heteroatoms. The molecule has 0 aliphatic rings. The van der Waals surface area contributed by atoms with Crippen molar-refractivity contribution in [3.8, 4) is 0 Å². The van der Waals surface area contributed by atoms with Crippen LogP contribution in [0.1, 0.15) is 19.8 Å². The average Bonchev–Trinajstić information content (AvgIpc) is 2.00. The van der Waals surface area contributed by atoms with Crippen molar-refractivity contribution in [2.75, 3.05) is 6.54 Å². The predicted molar refractivity (Wildman–Crippen MR) is 43.5 cm³/mol. The molecular weight excluding hydrogens is 160 g/mol. The number of nitrogens with two attached hydrogens (primary N) is 1. The first-order chi connectivity index (χ1) is 5.61. The van der Waals surface area contributed by atoms with E-state index in [0.717, 1.165) is 0 Å². The first kappa shape index (κ1) is 10.9. The summed E-state index contributed by atoms with van der Waals surface area (Å²) in [6.07, 6.45) is 0.551. The average molecular weight is 174 g/mol. The molecule has 0 spiro atoms. The van der Waals surface area contributed by atoms with Crippen molar-refractivity contribution in [2.24, 2.45) is 5.73 Å². The maximum absolute atomic E-state index is 10.9. The standard InChI is InChI=1S/C7H14N2O3/c1-2-5(7(11)12)9-6(10)3-4-8/h5H,2-4,8H2,1H3,(H,9,10)(H,11,12)/t5-/m0/s1. The summed E-state index contributed by atoms with van der Waals surface area (Å²) < 4.78 is 0. The van der Waals surface area contributed by atoms with Gasteiger partial charge in [-0.2, -0.15) is 0 Å². The van der Waals surface area contributed by atoms with Crippen molar-refractivity contribution in [1.29, 1.82) is 0 Å². The quantitative estimate of drug-likeness (QED) is 0.514. The minimum Gasteiger partial charge on any atom is -0.480 e. The summed E-state index contributed by atoms with van der Waals surface area (Å²) in [6.45, 7) is 1.93. The summed E-state index contributed by atoms with van der Waals surface area (Å²) in [5, 5.41) is 10.9. The van der Waals surface area contributed by atoms with Gasteiger partial charge in [0.1, 0.15) is 6.04 Å². The molecule has 0 heterocycles. The molecule has 0 rings (SSSR count). The van der Waals surface area contributed by atoms with Gasteiger partial charge in [0.15, 0.2) is 0 Å². The van der Waals surface area contributed by atoms with Crippen LogP contribution < -0.4 is 11.1 Å². The number of carbonyl (C=O) groups is 2. The monoisotopic (exact) mass is 174 g/mol. The first-order valence-corrected chi connectivity index (χ1v) is 3.84. The number of hydrogen-bond donors (Lipinski definition) is 3. The van der Waals surface area contributed by atoms with Crippen molar-refractivity contribution in [2.45, 2.75) is 25.8 Å². The van der Waals surface area contributed by atoms with Gasteiger partial charge in [0, 0.05) is 13.0 Å². The van der Waals surface area contributed by atoms with E-state index in [1.54, 1.807) is 6.92 Å². The zero-order valence-corrected chi connectivity index (χ0v) is 7.04. The fourth-order valence-electron chi connectivity index (χ4n) is 0.736. The molecule has 0 saturated carbocycles. The molecule has 0 aromatic carbocycles. The molecule has 5 nitrogen and oxygen atoms in total. The van der Waals surface area contributed by atoms with Crippen molar-refractivity contribution >= 4 is 11.9 Å². The molecule has 4 N–H and O–H groups in total. The molecule has 1 atom stereocenters. The summed E-state index contributed by atoms with van der Waals surface area (Å²) in [5.74, 6) is -1.32. The molecule has 0 bridgehead atoms. The number of carbonyl (C=O) groups excluding carboxylic acids is 1. The molecule has 12 heavy (non-hydrogen) atoms. The maximum atomic E-state index is 10.9. The fourth-order valence-corrected chi connectivity index (χ4v) is 0.736. The summed E-state index contributed by atoms with van der Waals surface area (Å²) in [7, 11) is 0. The summed E-state index contributed by atoms with van der Waals surface area (Å²) in [5.41, 5.74) is 5.11. The predicted octanol–water partition coefficient (Wildman–Crippen LogP) is -0.685. The third-order valence-electron chi connectivity index (χ3n) is 1.41. The first-order valence-electron chi connectivity index (χ1n) is 3.84. The second-order valence-electron chi connectivity index (χ2n) is 2.41. The Bertz CT molecular complexity index is 170. The zero-order valence-electron chi connectivity index (χ0n) is 7.04.